The minimum atomic E-state index is 0.189. The molecule has 0 aliphatic heterocycles. The van der Waals surface area contributed by atoms with E-state index < -0.39 is 0 Å². The highest BCUT2D eigenvalue weighted by Crippen LogP contribution is 2.42. The molecule has 3 heteroatoms. The van der Waals surface area contributed by atoms with E-state index >= 15 is 0 Å². The van der Waals surface area contributed by atoms with Gasteiger partial charge in [-0.05, 0) is 38.5 Å². The van der Waals surface area contributed by atoms with E-state index in [1.807, 2.05) is 13.0 Å². The van der Waals surface area contributed by atoms with Gasteiger partial charge in [0.25, 0.3) is 5.95 Å². The predicted octanol–water partition coefficient (Wildman–Crippen LogP) is 5.95. The number of rotatable bonds is 6. The quantitative estimate of drug-likeness (QED) is 0.445. The molecule has 0 atom stereocenters. The van der Waals surface area contributed by atoms with Gasteiger partial charge in [0.2, 0.25) is 0 Å². The van der Waals surface area contributed by atoms with Gasteiger partial charge in [-0.1, -0.05) is 64.2 Å². The maximum atomic E-state index is 6.43. The van der Waals surface area contributed by atoms with Crippen LogP contribution in [0.3, 0.4) is 0 Å². The lowest BCUT2D eigenvalue weighted by Crippen LogP contribution is -2.33. The molecule has 0 amide bonds. The van der Waals surface area contributed by atoms with E-state index in [-0.39, 0.29) is 6.10 Å². The minimum Gasteiger partial charge on any atom is -0.536 e. The fraction of sp³-hybridized carbons (Fsp3) is 0.889. The van der Waals surface area contributed by atoms with Crippen LogP contribution in [0.25, 0.3) is 0 Å². The lowest BCUT2D eigenvalue weighted by molar-refractivity contribution is 0.0581. The number of ether oxygens (including phenoxy) is 1. The van der Waals surface area contributed by atoms with Gasteiger partial charge >= 0.3 is 6.92 Å². The fourth-order valence-corrected chi connectivity index (χ4v) is 4.03. The first-order chi connectivity index (χ1) is 10.2. The second-order valence-electron chi connectivity index (χ2n) is 7.15. The zero-order valence-corrected chi connectivity index (χ0v) is 14.3. The summed E-state index contributed by atoms with van der Waals surface area (Å²) in [5, 5.41) is 0. The Balaban J connectivity index is 2.02. The third-order valence-corrected chi connectivity index (χ3v) is 5.07. The van der Waals surface area contributed by atoms with Gasteiger partial charge in [0.15, 0.2) is 0 Å². The molecule has 120 valence electrons. The van der Waals surface area contributed by atoms with Crippen LogP contribution in [0.4, 0.5) is 0 Å². The largest absolute Gasteiger partial charge is 0.536 e. The Hall–Kier alpha value is -0.595. The summed E-state index contributed by atoms with van der Waals surface area (Å²) in [5.74, 6) is 2.24. The van der Waals surface area contributed by atoms with Crippen molar-refractivity contribution in [2.24, 2.45) is 0 Å². The molecular weight excluding hydrogens is 259 g/mol. The van der Waals surface area contributed by atoms with Crippen molar-refractivity contribution in [3.05, 3.63) is 12.0 Å². The van der Waals surface area contributed by atoms with Crippen LogP contribution in [0.2, 0.25) is 11.6 Å². The topological polar surface area (TPSA) is 18.5 Å². The number of hydrogen-bond donors (Lipinski definition) is 0. The Labute approximate surface area is 131 Å². The van der Waals surface area contributed by atoms with Crippen molar-refractivity contribution in [2.45, 2.75) is 103 Å². The molecule has 2 nitrogen and oxygen atoms in total. The molecule has 2 aliphatic carbocycles. The third kappa shape index (κ3) is 5.27. The summed E-state index contributed by atoms with van der Waals surface area (Å²) in [6.45, 7) is 6.55. The van der Waals surface area contributed by atoms with Gasteiger partial charge in [0.05, 0.1) is 6.10 Å². The van der Waals surface area contributed by atoms with Gasteiger partial charge in [-0.25, -0.2) is 0 Å². The normalized spacial score (nSPS) is 22.4. The average molecular weight is 292 g/mol. The molecule has 0 bridgehead atoms. The summed E-state index contributed by atoms with van der Waals surface area (Å²) in [6.07, 6.45) is 15.9. The van der Waals surface area contributed by atoms with Gasteiger partial charge in [-0.15, -0.1) is 0 Å². The molecule has 21 heavy (non-hydrogen) atoms. The molecule has 2 aliphatic rings. The van der Waals surface area contributed by atoms with Gasteiger partial charge < -0.3 is 9.39 Å². The van der Waals surface area contributed by atoms with Crippen molar-refractivity contribution in [1.82, 2.24) is 0 Å². The Kier molecular flexibility index (Phi) is 6.99. The van der Waals surface area contributed by atoms with Crippen molar-refractivity contribution >= 4 is 6.92 Å². The van der Waals surface area contributed by atoms with Crippen molar-refractivity contribution in [3.63, 3.8) is 0 Å². The standard InChI is InChI=1S/C18H33BO2/c1-4-18(20-15(2)3)21-19(16-11-7-5-8-12-16)17-13-9-6-10-14-17/h4,15-17H,5-14H2,1-3H3/b18-4-. The van der Waals surface area contributed by atoms with Gasteiger partial charge in [0.1, 0.15) is 0 Å². The molecular formula is C18H33BO2. The highest BCUT2D eigenvalue weighted by Gasteiger charge is 2.38. The highest BCUT2D eigenvalue weighted by molar-refractivity contribution is 6.55. The maximum absolute atomic E-state index is 6.43. The van der Waals surface area contributed by atoms with Gasteiger partial charge in [0, 0.05) is 0 Å². The van der Waals surface area contributed by atoms with E-state index in [1.54, 1.807) is 0 Å². The first-order valence-electron chi connectivity index (χ1n) is 9.20. The summed E-state index contributed by atoms with van der Waals surface area (Å²) in [7, 11) is 0. The van der Waals surface area contributed by atoms with Crippen LogP contribution < -0.4 is 0 Å². The highest BCUT2D eigenvalue weighted by atomic mass is 16.7. The number of allylic oxidation sites excluding steroid dienone is 1. The SMILES string of the molecule is C/C=C(\OB(C1CCCCC1)C1CCCCC1)OC(C)C. The van der Waals surface area contributed by atoms with Crippen LogP contribution in [-0.2, 0) is 9.39 Å². The number of hydrogen-bond acceptors (Lipinski definition) is 2. The van der Waals surface area contributed by atoms with E-state index in [0.717, 1.165) is 17.6 Å². The zero-order chi connectivity index (χ0) is 15.1. The lowest BCUT2D eigenvalue weighted by atomic mass is 9.42. The van der Waals surface area contributed by atoms with E-state index in [9.17, 15) is 0 Å². The first-order valence-corrected chi connectivity index (χ1v) is 9.20. The second-order valence-corrected chi connectivity index (χ2v) is 7.15. The molecule has 0 unspecified atom stereocenters. The van der Waals surface area contributed by atoms with Crippen molar-refractivity contribution in [2.75, 3.05) is 0 Å². The summed E-state index contributed by atoms with van der Waals surface area (Å²) >= 11 is 0. The second kappa shape index (κ2) is 8.75. The van der Waals surface area contributed by atoms with E-state index in [4.69, 9.17) is 9.39 Å². The summed E-state index contributed by atoms with van der Waals surface area (Å²) in [6, 6.07) is 0. The fourth-order valence-electron chi connectivity index (χ4n) is 4.03. The van der Waals surface area contributed by atoms with E-state index in [1.165, 1.54) is 64.2 Å². The lowest BCUT2D eigenvalue weighted by Gasteiger charge is -2.35. The molecule has 0 radical (unpaired) electrons. The van der Waals surface area contributed by atoms with E-state index in [0.29, 0.717) is 6.92 Å². The van der Waals surface area contributed by atoms with Crippen molar-refractivity contribution in [3.8, 4) is 0 Å². The van der Waals surface area contributed by atoms with E-state index in [2.05, 4.69) is 13.8 Å². The molecule has 2 fully saturated rings. The molecule has 0 aromatic carbocycles. The Bertz CT molecular complexity index is 297. The molecule has 0 aromatic heterocycles. The first kappa shape index (κ1) is 16.8. The average Bonchev–Trinajstić information content (AvgIpc) is 2.52. The smallest absolute Gasteiger partial charge is 0.368 e. The minimum absolute atomic E-state index is 0.189. The monoisotopic (exact) mass is 292 g/mol. The molecule has 0 aromatic rings. The van der Waals surface area contributed by atoms with Crippen LogP contribution in [0, 0.1) is 0 Å². The van der Waals surface area contributed by atoms with Crippen molar-refractivity contribution in [1.29, 1.82) is 0 Å². The van der Waals surface area contributed by atoms with Crippen LogP contribution in [0.1, 0.15) is 85.0 Å². The predicted molar refractivity (Wildman–Crippen MR) is 90.5 cm³/mol. The molecule has 0 N–H and O–H groups in total. The zero-order valence-electron chi connectivity index (χ0n) is 14.3. The van der Waals surface area contributed by atoms with Gasteiger partial charge in [-0.2, -0.15) is 0 Å². The molecule has 0 spiro atoms. The Morgan fingerprint density at radius 3 is 1.76 bits per heavy atom. The van der Waals surface area contributed by atoms with Crippen LogP contribution in [0.15, 0.2) is 12.0 Å². The molecule has 0 heterocycles. The summed E-state index contributed by atoms with van der Waals surface area (Å²) < 4.78 is 12.3. The Morgan fingerprint density at radius 1 is 0.905 bits per heavy atom. The summed E-state index contributed by atoms with van der Waals surface area (Å²) in [5.41, 5.74) is 0. The summed E-state index contributed by atoms with van der Waals surface area (Å²) in [4.78, 5) is 0. The molecule has 0 saturated heterocycles. The third-order valence-electron chi connectivity index (χ3n) is 5.07. The van der Waals surface area contributed by atoms with Crippen LogP contribution in [0.5, 0.6) is 0 Å². The Morgan fingerprint density at radius 2 is 1.38 bits per heavy atom. The van der Waals surface area contributed by atoms with Gasteiger partial charge in [-0.3, -0.25) is 0 Å². The molecule has 2 rings (SSSR count). The van der Waals surface area contributed by atoms with Crippen LogP contribution in [-0.4, -0.2) is 13.0 Å². The maximum Gasteiger partial charge on any atom is 0.368 e. The van der Waals surface area contributed by atoms with Crippen LogP contribution >= 0.6 is 0 Å². The van der Waals surface area contributed by atoms with Crippen molar-refractivity contribution < 1.29 is 9.39 Å². The molecule has 2 saturated carbocycles.